The van der Waals surface area contributed by atoms with Gasteiger partial charge in [-0.3, -0.25) is 0 Å². The molecule has 0 fully saturated rings. The molecular weight excluding hydrogens is 220 g/mol. The summed E-state index contributed by atoms with van der Waals surface area (Å²) in [5, 5.41) is 12.3. The number of rotatable bonds is 3. The van der Waals surface area contributed by atoms with Crippen LogP contribution in [0.25, 0.3) is 0 Å². The van der Waals surface area contributed by atoms with Crippen molar-refractivity contribution in [3.8, 4) is 0 Å². The van der Waals surface area contributed by atoms with Gasteiger partial charge in [-0.15, -0.1) is 0 Å². The molecule has 90 valence electrons. The highest BCUT2D eigenvalue weighted by molar-refractivity contribution is 5.85. The lowest BCUT2D eigenvalue weighted by Gasteiger charge is -2.19. The Morgan fingerprint density at radius 3 is 2.71 bits per heavy atom. The van der Waals surface area contributed by atoms with Gasteiger partial charge in [0.05, 0.1) is 5.41 Å². The summed E-state index contributed by atoms with van der Waals surface area (Å²) in [5.41, 5.74) is 0.583. The molecule has 0 saturated heterocycles. The highest BCUT2D eigenvalue weighted by Gasteiger charge is 2.29. The third-order valence-electron chi connectivity index (χ3n) is 2.90. The number of nitrogens with zero attached hydrogens (tertiary/aromatic N) is 2. The Hall–Kier alpha value is -2.04. The number of aryl methyl sites for hydroxylation is 1. The summed E-state index contributed by atoms with van der Waals surface area (Å²) < 4.78 is 7.05. The Balaban J connectivity index is 2.40. The van der Waals surface area contributed by atoms with Gasteiger partial charge in [0.1, 0.15) is 5.76 Å². The van der Waals surface area contributed by atoms with Gasteiger partial charge in [0.25, 0.3) is 0 Å². The molecule has 0 amide bonds. The van der Waals surface area contributed by atoms with Crippen LogP contribution in [0.1, 0.15) is 35.7 Å². The molecule has 17 heavy (non-hydrogen) atoms. The fourth-order valence-corrected chi connectivity index (χ4v) is 1.69. The third kappa shape index (κ3) is 1.95. The van der Waals surface area contributed by atoms with Crippen LogP contribution < -0.4 is 0 Å². The highest BCUT2D eigenvalue weighted by atomic mass is 16.5. The largest absolute Gasteiger partial charge is 0.476 e. The van der Waals surface area contributed by atoms with Crippen molar-refractivity contribution in [1.29, 1.82) is 0 Å². The molecule has 0 aliphatic rings. The lowest BCUT2D eigenvalue weighted by atomic mass is 9.84. The van der Waals surface area contributed by atoms with E-state index in [9.17, 15) is 4.79 Å². The minimum Gasteiger partial charge on any atom is -0.476 e. The van der Waals surface area contributed by atoms with Crippen LogP contribution in [0.15, 0.2) is 29.0 Å². The molecule has 2 aromatic rings. The van der Waals surface area contributed by atoms with Crippen molar-refractivity contribution in [2.24, 2.45) is 7.05 Å². The van der Waals surface area contributed by atoms with Gasteiger partial charge >= 0.3 is 5.97 Å². The average Bonchev–Trinajstić information content (AvgIpc) is 2.85. The summed E-state index contributed by atoms with van der Waals surface area (Å²) in [6.07, 6.45) is 3.91. The summed E-state index contributed by atoms with van der Waals surface area (Å²) in [6, 6.07) is 3.44. The SMILES string of the molecule is Cn1ccc(C(C)(C)c2cc(C(=O)O)no2)c1. The average molecular weight is 234 g/mol. The molecule has 0 bridgehead atoms. The van der Waals surface area contributed by atoms with Gasteiger partial charge in [0.2, 0.25) is 0 Å². The number of hydrogen-bond donors (Lipinski definition) is 1. The normalized spacial score (nSPS) is 11.7. The van der Waals surface area contributed by atoms with E-state index >= 15 is 0 Å². The summed E-state index contributed by atoms with van der Waals surface area (Å²) in [6.45, 7) is 3.93. The lowest BCUT2D eigenvalue weighted by molar-refractivity contribution is 0.0685. The molecule has 0 atom stereocenters. The van der Waals surface area contributed by atoms with Gasteiger partial charge in [-0.2, -0.15) is 0 Å². The monoisotopic (exact) mass is 234 g/mol. The predicted octanol–water partition coefficient (Wildman–Crippen LogP) is 2.04. The van der Waals surface area contributed by atoms with Crippen molar-refractivity contribution >= 4 is 5.97 Å². The minimum atomic E-state index is -1.08. The standard InChI is InChI=1S/C12H14N2O3/c1-12(2,8-4-5-14(3)7-8)10-6-9(11(15)16)13-17-10/h4-7H,1-3H3,(H,15,16). The van der Waals surface area contributed by atoms with Gasteiger partial charge in [-0.25, -0.2) is 4.79 Å². The van der Waals surface area contributed by atoms with Crippen molar-refractivity contribution in [2.75, 3.05) is 0 Å². The van der Waals surface area contributed by atoms with Crippen molar-refractivity contribution in [2.45, 2.75) is 19.3 Å². The zero-order chi connectivity index (χ0) is 12.6. The Morgan fingerprint density at radius 1 is 1.53 bits per heavy atom. The molecule has 0 unspecified atom stereocenters. The predicted molar refractivity (Wildman–Crippen MR) is 61.0 cm³/mol. The quantitative estimate of drug-likeness (QED) is 0.882. The van der Waals surface area contributed by atoms with Crippen molar-refractivity contribution in [3.63, 3.8) is 0 Å². The van der Waals surface area contributed by atoms with Crippen LogP contribution in [0, 0.1) is 0 Å². The highest BCUT2D eigenvalue weighted by Crippen LogP contribution is 2.31. The van der Waals surface area contributed by atoms with E-state index in [2.05, 4.69) is 5.16 Å². The summed E-state index contributed by atoms with van der Waals surface area (Å²) >= 11 is 0. The van der Waals surface area contributed by atoms with Crippen LogP contribution in [0.5, 0.6) is 0 Å². The molecule has 0 radical (unpaired) electrons. The maximum absolute atomic E-state index is 10.8. The third-order valence-corrected chi connectivity index (χ3v) is 2.90. The Morgan fingerprint density at radius 2 is 2.24 bits per heavy atom. The second-order valence-electron chi connectivity index (χ2n) is 4.57. The molecule has 2 heterocycles. The second kappa shape index (κ2) is 3.76. The Labute approximate surface area is 98.7 Å². The molecule has 2 aromatic heterocycles. The van der Waals surface area contributed by atoms with E-state index in [1.807, 2.05) is 43.9 Å². The van der Waals surface area contributed by atoms with Crippen LogP contribution in [0.2, 0.25) is 0 Å². The van der Waals surface area contributed by atoms with E-state index in [4.69, 9.17) is 9.63 Å². The van der Waals surface area contributed by atoms with Gasteiger partial charge in [-0.05, 0) is 25.5 Å². The number of aromatic nitrogens is 2. The molecule has 5 nitrogen and oxygen atoms in total. The minimum absolute atomic E-state index is 0.0657. The Kier molecular flexibility index (Phi) is 2.53. The van der Waals surface area contributed by atoms with Crippen LogP contribution in [0.4, 0.5) is 0 Å². The van der Waals surface area contributed by atoms with Crippen LogP contribution in [-0.2, 0) is 12.5 Å². The first-order valence-corrected chi connectivity index (χ1v) is 5.24. The fraction of sp³-hybridized carbons (Fsp3) is 0.333. The molecule has 1 N–H and O–H groups in total. The molecule has 0 aliphatic carbocycles. The van der Waals surface area contributed by atoms with Crippen LogP contribution >= 0.6 is 0 Å². The summed E-state index contributed by atoms with van der Waals surface area (Å²) in [5.74, 6) is -0.537. The summed E-state index contributed by atoms with van der Waals surface area (Å²) in [4.78, 5) is 10.8. The zero-order valence-corrected chi connectivity index (χ0v) is 9.97. The maximum Gasteiger partial charge on any atom is 0.358 e. The number of carboxylic acid groups (broad SMARTS) is 1. The first-order chi connectivity index (χ1) is 7.91. The van der Waals surface area contributed by atoms with Gasteiger partial charge < -0.3 is 14.2 Å². The molecule has 0 aromatic carbocycles. The lowest BCUT2D eigenvalue weighted by Crippen LogP contribution is -2.17. The van der Waals surface area contributed by atoms with E-state index in [-0.39, 0.29) is 5.69 Å². The molecule has 5 heteroatoms. The smallest absolute Gasteiger partial charge is 0.358 e. The van der Waals surface area contributed by atoms with E-state index in [0.29, 0.717) is 5.76 Å². The van der Waals surface area contributed by atoms with Gasteiger partial charge in [0, 0.05) is 25.5 Å². The van der Waals surface area contributed by atoms with Crippen LogP contribution in [0.3, 0.4) is 0 Å². The van der Waals surface area contributed by atoms with Crippen molar-refractivity contribution < 1.29 is 14.4 Å². The van der Waals surface area contributed by atoms with Crippen LogP contribution in [-0.4, -0.2) is 20.8 Å². The zero-order valence-electron chi connectivity index (χ0n) is 9.97. The number of carbonyl (C=O) groups is 1. The van der Waals surface area contributed by atoms with E-state index in [1.54, 1.807) is 0 Å². The van der Waals surface area contributed by atoms with E-state index < -0.39 is 11.4 Å². The molecule has 0 spiro atoms. The topological polar surface area (TPSA) is 68.3 Å². The molecule has 0 aliphatic heterocycles. The fourth-order valence-electron chi connectivity index (χ4n) is 1.69. The van der Waals surface area contributed by atoms with Crippen molar-refractivity contribution in [3.05, 3.63) is 41.5 Å². The second-order valence-corrected chi connectivity index (χ2v) is 4.57. The number of hydrogen-bond acceptors (Lipinski definition) is 3. The van der Waals surface area contributed by atoms with Gasteiger partial charge in [0.15, 0.2) is 5.69 Å². The van der Waals surface area contributed by atoms with Gasteiger partial charge in [-0.1, -0.05) is 5.16 Å². The maximum atomic E-state index is 10.8. The summed E-state index contributed by atoms with van der Waals surface area (Å²) in [7, 11) is 1.93. The molecule has 0 saturated carbocycles. The first kappa shape index (κ1) is 11.4. The van der Waals surface area contributed by atoms with E-state index in [1.165, 1.54) is 6.07 Å². The molecular formula is C12H14N2O3. The number of carboxylic acids is 1. The number of aromatic carboxylic acids is 1. The Bertz CT molecular complexity index is 552. The van der Waals surface area contributed by atoms with Crippen molar-refractivity contribution in [1.82, 2.24) is 9.72 Å². The molecule has 2 rings (SSSR count). The van der Waals surface area contributed by atoms with E-state index in [0.717, 1.165) is 5.56 Å². The first-order valence-electron chi connectivity index (χ1n) is 5.24.